The molecular weight excluding hydrogens is 489 g/mol. The number of anilines is 2. The minimum absolute atomic E-state index is 0.187. The van der Waals surface area contributed by atoms with Gasteiger partial charge < -0.3 is 20.5 Å². The summed E-state index contributed by atoms with van der Waals surface area (Å²) in [5, 5.41) is 7.37. The number of benzene rings is 2. The third kappa shape index (κ3) is 4.34. The highest BCUT2D eigenvalue weighted by atomic mass is 35.5. The molecule has 11 heteroatoms. The maximum Gasteiger partial charge on any atom is 0.341 e. The molecule has 4 aromatic rings. The average molecular weight is 510 g/mol. The van der Waals surface area contributed by atoms with E-state index < -0.39 is 17.7 Å². The molecule has 3 N–H and O–H groups in total. The fraction of sp³-hybridized carbons (Fsp3) is 0.120. The number of hydrogen-bond donors (Lipinski definition) is 2. The van der Waals surface area contributed by atoms with Crippen LogP contribution in [-0.4, -0.2) is 40.7 Å². The largest absolute Gasteiger partial charge is 0.496 e. The molecule has 0 aliphatic carbocycles. The summed E-state index contributed by atoms with van der Waals surface area (Å²) in [6.45, 7) is 4.81. The van der Waals surface area contributed by atoms with Gasteiger partial charge in [-0.05, 0) is 42.3 Å². The molecule has 0 saturated carbocycles. The van der Waals surface area contributed by atoms with E-state index >= 15 is 0 Å². The molecule has 0 fully saturated rings. The molecule has 0 bridgehead atoms. The molecule has 9 nitrogen and oxygen atoms in total. The van der Waals surface area contributed by atoms with E-state index in [4.69, 9.17) is 31.9 Å². The standard InChI is InChI=1S/C25H21ClFN5O4/c1-12-9-15(30-24(33)13(2)27)6-8-16(12)21-20(22-23(28)29-11-19(26)32(22)31-21)14-5-7-17(25(34)36-4)18(10-14)35-3/h5-11H,2H2,1,3-4H3,(H2,28,29)(H,30,33). The Balaban J connectivity index is 1.96. The van der Waals surface area contributed by atoms with E-state index in [1.165, 1.54) is 24.9 Å². The Morgan fingerprint density at radius 1 is 1.19 bits per heavy atom. The topological polar surface area (TPSA) is 121 Å². The van der Waals surface area contributed by atoms with Crippen molar-refractivity contribution in [3.63, 3.8) is 0 Å². The van der Waals surface area contributed by atoms with E-state index in [0.29, 0.717) is 39.3 Å². The number of ether oxygens (including phenoxy) is 2. The minimum atomic E-state index is -1.10. The molecule has 0 radical (unpaired) electrons. The molecule has 4 rings (SSSR count). The monoisotopic (exact) mass is 509 g/mol. The van der Waals surface area contributed by atoms with Crippen LogP contribution in [0.1, 0.15) is 15.9 Å². The predicted molar refractivity (Wildman–Crippen MR) is 135 cm³/mol. The molecule has 0 spiro atoms. The second kappa shape index (κ2) is 9.67. The van der Waals surface area contributed by atoms with Crippen LogP contribution < -0.4 is 15.8 Å². The van der Waals surface area contributed by atoms with Crippen molar-refractivity contribution < 1.29 is 23.5 Å². The van der Waals surface area contributed by atoms with Gasteiger partial charge in [0.25, 0.3) is 5.91 Å². The zero-order valence-electron chi connectivity index (χ0n) is 19.6. The Morgan fingerprint density at radius 3 is 2.58 bits per heavy atom. The van der Waals surface area contributed by atoms with E-state index in [2.05, 4.69) is 16.9 Å². The molecule has 2 heterocycles. The molecule has 0 aliphatic rings. The molecule has 0 saturated heterocycles. The van der Waals surface area contributed by atoms with Crippen LogP contribution in [0.3, 0.4) is 0 Å². The van der Waals surface area contributed by atoms with Gasteiger partial charge in [-0.3, -0.25) is 4.79 Å². The molecule has 0 aliphatic heterocycles. The van der Waals surface area contributed by atoms with E-state index in [-0.39, 0.29) is 16.5 Å². The molecule has 2 aromatic heterocycles. The fourth-order valence-electron chi connectivity index (χ4n) is 3.84. The van der Waals surface area contributed by atoms with Gasteiger partial charge in [-0.25, -0.2) is 18.7 Å². The first kappa shape index (κ1) is 24.7. The van der Waals surface area contributed by atoms with E-state index in [9.17, 15) is 14.0 Å². The van der Waals surface area contributed by atoms with Gasteiger partial charge >= 0.3 is 5.97 Å². The fourth-order valence-corrected chi connectivity index (χ4v) is 4.01. The van der Waals surface area contributed by atoms with Crippen LogP contribution in [0.5, 0.6) is 5.75 Å². The number of hydrogen-bond acceptors (Lipinski definition) is 7. The Labute approximate surface area is 210 Å². The second-order valence-corrected chi connectivity index (χ2v) is 8.13. The maximum absolute atomic E-state index is 13.1. The lowest BCUT2D eigenvalue weighted by Crippen LogP contribution is -2.11. The van der Waals surface area contributed by atoms with Gasteiger partial charge in [-0.15, -0.1) is 0 Å². The van der Waals surface area contributed by atoms with Gasteiger partial charge in [0.15, 0.2) is 5.83 Å². The number of nitrogens with one attached hydrogen (secondary N) is 1. The molecule has 184 valence electrons. The van der Waals surface area contributed by atoms with Gasteiger partial charge in [-0.2, -0.15) is 5.10 Å². The lowest BCUT2D eigenvalue weighted by atomic mass is 9.95. The number of nitrogens with zero attached hydrogens (tertiary/aromatic N) is 3. The van der Waals surface area contributed by atoms with Crippen LogP contribution in [0.4, 0.5) is 15.9 Å². The number of halogens is 2. The molecular formula is C25H21ClFN5O4. The number of amides is 1. The smallest absolute Gasteiger partial charge is 0.341 e. The number of carbonyl (C=O) groups excluding carboxylic acids is 2. The number of esters is 1. The van der Waals surface area contributed by atoms with Crippen LogP contribution in [0.25, 0.3) is 27.9 Å². The second-order valence-electron chi connectivity index (χ2n) is 7.75. The van der Waals surface area contributed by atoms with Crippen molar-refractivity contribution in [3.05, 3.63) is 71.3 Å². The molecule has 2 aromatic carbocycles. The van der Waals surface area contributed by atoms with E-state index in [1.807, 2.05) is 6.92 Å². The lowest BCUT2D eigenvalue weighted by Gasteiger charge is -2.12. The zero-order valence-corrected chi connectivity index (χ0v) is 20.3. The Bertz CT molecular complexity index is 1550. The third-order valence-corrected chi connectivity index (χ3v) is 5.78. The summed E-state index contributed by atoms with van der Waals surface area (Å²) in [5.74, 6) is -2.10. The molecule has 0 unspecified atom stereocenters. The average Bonchev–Trinajstić information content (AvgIpc) is 3.27. The summed E-state index contributed by atoms with van der Waals surface area (Å²) in [6, 6.07) is 9.98. The first-order valence-electron chi connectivity index (χ1n) is 10.5. The van der Waals surface area contributed by atoms with Gasteiger partial charge in [0.05, 0.1) is 20.4 Å². The quantitative estimate of drug-likeness (QED) is 0.282. The zero-order chi connectivity index (χ0) is 26.1. The van der Waals surface area contributed by atoms with Crippen LogP contribution in [-0.2, 0) is 9.53 Å². The van der Waals surface area contributed by atoms with Crippen molar-refractivity contribution in [2.24, 2.45) is 0 Å². The summed E-state index contributed by atoms with van der Waals surface area (Å²) in [7, 11) is 2.73. The van der Waals surface area contributed by atoms with Crippen molar-refractivity contribution in [1.82, 2.24) is 14.6 Å². The number of aromatic nitrogens is 3. The van der Waals surface area contributed by atoms with E-state index in [1.54, 1.807) is 36.4 Å². The first-order valence-corrected chi connectivity index (χ1v) is 10.9. The summed E-state index contributed by atoms with van der Waals surface area (Å²) in [4.78, 5) is 28.0. The number of nitrogens with two attached hydrogens (primary N) is 1. The minimum Gasteiger partial charge on any atom is -0.496 e. The first-order chi connectivity index (χ1) is 17.2. The number of methoxy groups -OCH3 is 2. The Hall–Kier alpha value is -4.44. The van der Waals surface area contributed by atoms with Gasteiger partial charge in [-0.1, -0.05) is 30.3 Å². The Kier molecular flexibility index (Phi) is 6.63. The van der Waals surface area contributed by atoms with Crippen LogP contribution in [0, 0.1) is 6.92 Å². The number of fused-ring (bicyclic) bond motifs is 1. The number of aryl methyl sites for hydroxylation is 1. The summed E-state index contributed by atoms with van der Waals surface area (Å²) in [6.07, 6.45) is 1.39. The highest BCUT2D eigenvalue weighted by Crippen LogP contribution is 2.41. The van der Waals surface area contributed by atoms with Crippen molar-refractivity contribution in [1.29, 1.82) is 0 Å². The highest BCUT2D eigenvalue weighted by Gasteiger charge is 2.24. The Morgan fingerprint density at radius 2 is 1.94 bits per heavy atom. The van der Waals surface area contributed by atoms with Gasteiger partial charge in [0, 0.05) is 16.8 Å². The normalized spacial score (nSPS) is 10.8. The van der Waals surface area contributed by atoms with Gasteiger partial charge in [0.1, 0.15) is 33.5 Å². The number of carbonyl (C=O) groups is 2. The van der Waals surface area contributed by atoms with Crippen LogP contribution >= 0.6 is 11.6 Å². The van der Waals surface area contributed by atoms with Crippen molar-refractivity contribution in [2.45, 2.75) is 6.92 Å². The van der Waals surface area contributed by atoms with Gasteiger partial charge in [0.2, 0.25) is 0 Å². The van der Waals surface area contributed by atoms with Crippen molar-refractivity contribution in [2.75, 3.05) is 25.3 Å². The summed E-state index contributed by atoms with van der Waals surface area (Å²) < 4.78 is 24.9. The van der Waals surface area contributed by atoms with Crippen molar-refractivity contribution in [3.8, 4) is 28.1 Å². The molecule has 1 amide bonds. The maximum atomic E-state index is 13.1. The SMILES string of the molecule is C=C(F)C(=O)Nc1ccc(-c2nn3c(Cl)cnc(N)c3c2-c2ccc(C(=O)OC)c(OC)c2)c(C)c1. The number of rotatable bonds is 6. The van der Waals surface area contributed by atoms with Crippen LogP contribution in [0.15, 0.2) is 55.0 Å². The van der Waals surface area contributed by atoms with Crippen molar-refractivity contribution >= 4 is 40.5 Å². The molecule has 0 atom stereocenters. The third-order valence-electron chi connectivity index (χ3n) is 5.52. The van der Waals surface area contributed by atoms with E-state index in [0.717, 1.165) is 5.56 Å². The lowest BCUT2D eigenvalue weighted by molar-refractivity contribution is -0.114. The summed E-state index contributed by atoms with van der Waals surface area (Å²) >= 11 is 6.39. The predicted octanol–water partition coefficient (Wildman–Crippen LogP) is 4.82. The van der Waals surface area contributed by atoms with Crippen LogP contribution in [0.2, 0.25) is 5.15 Å². The number of nitrogen functional groups attached to an aromatic ring is 1. The molecule has 36 heavy (non-hydrogen) atoms. The summed E-state index contributed by atoms with van der Waals surface area (Å²) in [5.41, 5.74) is 10.5. The highest BCUT2D eigenvalue weighted by molar-refractivity contribution is 6.29.